The zero-order valence-electron chi connectivity index (χ0n) is 7.61. The number of carbonyl (C=O) groups is 2. The summed E-state index contributed by atoms with van der Waals surface area (Å²) in [6.07, 6.45) is -0.164. The van der Waals surface area contributed by atoms with Crippen LogP contribution < -0.4 is 5.32 Å². The van der Waals surface area contributed by atoms with Crippen LogP contribution in [-0.4, -0.2) is 17.0 Å². The van der Waals surface area contributed by atoms with E-state index < -0.39 is 17.6 Å². The number of nitrogens with one attached hydrogen (secondary N) is 1. The van der Waals surface area contributed by atoms with Crippen molar-refractivity contribution >= 4 is 11.9 Å². The third kappa shape index (κ3) is 2.91. The minimum absolute atomic E-state index is 0.164. The number of benzene rings is 1. The smallest absolute Gasteiger partial charge is 0.354 e. The quantitative estimate of drug-likeness (QED) is 0.737. The van der Waals surface area contributed by atoms with E-state index in [-0.39, 0.29) is 11.9 Å². The van der Waals surface area contributed by atoms with Crippen molar-refractivity contribution in [3.8, 4) is 0 Å². The molecule has 0 heterocycles. The average molecular weight is 209 g/mol. The Balaban J connectivity index is 2.77. The van der Waals surface area contributed by atoms with Crippen molar-refractivity contribution in [3.05, 3.63) is 47.9 Å². The van der Waals surface area contributed by atoms with Gasteiger partial charge in [-0.25, -0.2) is 9.18 Å². The normalized spacial score (nSPS) is 10.9. The van der Waals surface area contributed by atoms with Crippen LogP contribution in [0.4, 0.5) is 4.39 Å². The van der Waals surface area contributed by atoms with Gasteiger partial charge in [0.1, 0.15) is 6.33 Å². The molecule has 1 amide bonds. The largest absolute Gasteiger partial charge is 0.477 e. The Morgan fingerprint density at radius 2 is 1.87 bits per heavy atom. The maximum absolute atomic E-state index is 12.0. The Morgan fingerprint density at radius 1 is 1.27 bits per heavy atom. The van der Waals surface area contributed by atoms with Crippen molar-refractivity contribution in [2.75, 3.05) is 0 Å². The number of aliphatic carboxylic acids is 1. The minimum Gasteiger partial charge on any atom is -0.477 e. The van der Waals surface area contributed by atoms with Crippen molar-refractivity contribution in [3.63, 3.8) is 0 Å². The summed E-state index contributed by atoms with van der Waals surface area (Å²) in [5, 5.41) is 10.4. The molecule has 0 aromatic heterocycles. The molecule has 15 heavy (non-hydrogen) atoms. The van der Waals surface area contributed by atoms with Crippen LogP contribution in [0.2, 0.25) is 0 Å². The Morgan fingerprint density at radius 3 is 2.33 bits per heavy atom. The molecule has 4 nitrogen and oxygen atoms in total. The minimum atomic E-state index is -1.53. The number of amides is 1. The van der Waals surface area contributed by atoms with E-state index in [4.69, 9.17) is 5.11 Å². The molecule has 0 unspecified atom stereocenters. The molecule has 2 N–H and O–H groups in total. The van der Waals surface area contributed by atoms with Gasteiger partial charge in [0, 0.05) is 5.56 Å². The van der Waals surface area contributed by atoms with Crippen LogP contribution in [0, 0.1) is 0 Å². The van der Waals surface area contributed by atoms with E-state index in [1.165, 1.54) is 12.1 Å². The lowest BCUT2D eigenvalue weighted by Crippen LogP contribution is -2.26. The van der Waals surface area contributed by atoms with Gasteiger partial charge < -0.3 is 10.4 Å². The second-order valence-corrected chi connectivity index (χ2v) is 2.65. The molecular weight excluding hydrogens is 201 g/mol. The van der Waals surface area contributed by atoms with Crippen LogP contribution in [0.25, 0.3) is 0 Å². The van der Waals surface area contributed by atoms with Crippen molar-refractivity contribution in [1.29, 1.82) is 0 Å². The summed E-state index contributed by atoms with van der Waals surface area (Å²) in [6.45, 7) is 0. The van der Waals surface area contributed by atoms with Gasteiger partial charge >= 0.3 is 5.97 Å². The molecule has 0 spiro atoms. The van der Waals surface area contributed by atoms with Gasteiger partial charge in [0.2, 0.25) is 0 Å². The molecule has 0 bridgehead atoms. The molecule has 0 saturated heterocycles. The summed E-state index contributed by atoms with van der Waals surface area (Å²) < 4.78 is 12.0. The molecule has 0 aliphatic carbocycles. The molecule has 1 aromatic carbocycles. The summed E-state index contributed by atoms with van der Waals surface area (Å²) in [5.74, 6) is -2.19. The van der Waals surface area contributed by atoms with Gasteiger partial charge in [-0.15, -0.1) is 0 Å². The molecule has 0 aliphatic heterocycles. The van der Waals surface area contributed by atoms with Gasteiger partial charge in [0.25, 0.3) is 5.91 Å². The van der Waals surface area contributed by atoms with Crippen molar-refractivity contribution in [1.82, 2.24) is 5.32 Å². The first-order chi connectivity index (χ1) is 7.15. The van der Waals surface area contributed by atoms with E-state index >= 15 is 0 Å². The topological polar surface area (TPSA) is 66.4 Å². The number of carboxylic acid groups (broad SMARTS) is 1. The lowest BCUT2D eigenvalue weighted by Gasteiger charge is -2.03. The van der Waals surface area contributed by atoms with Crippen LogP contribution in [-0.2, 0) is 4.79 Å². The van der Waals surface area contributed by atoms with Gasteiger partial charge in [-0.1, -0.05) is 18.2 Å². The summed E-state index contributed by atoms with van der Waals surface area (Å²) in [6, 6.07) is 7.93. The molecular formula is C10H8FNO3. The second-order valence-electron chi connectivity index (χ2n) is 2.65. The van der Waals surface area contributed by atoms with Crippen LogP contribution in [0.15, 0.2) is 42.4 Å². The number of hydrogen-bond donors (Lipinski definition) is 2. The van der Waals surface area contributed by atoms with Gasteiger partial charge in [-0.05, 0) is 12.1 Å². The van der Waals surface area contributed by atoms with Crippen LogP contribution in [0.5, 0.6) is 0 Å². The molecule has 0 fully saturated rings. The molecule has 78 valence electrons. The van der Waals surface area contributed by atoms with Crippen molar-refractivity contribution in [2.45, 2.75) is 0 Å². The maximum Gasteiger partial charge on any atom is 0.354 e. The zero-order chi connectivity index (χ0) is 11.3. The Bertz CT molecular complexity index is 400. The molecule has 0 aliphatic rings. The summed E-state index contributed by atoms with van der Waals surface area (Å²) in [4.78, 5) is 21.7. The maximum atomic E-state index is 12.0. The number of halogens is 1. The van der Waals surface area contributed by atoms with E-state index in [0.29, 0.717) is 0 Å². The highest BCUT2D eigenvalue weighted by Gasteiger charge is 2.12. The lowest BCUT2D eigenvalue weighted by atomic mass is 10.2. The predicted octanol–water partition coefficient (Wildman–Crippen LogP) is 1.31. The van der Waals surface area contributed by atoms with Gasteiger partial charge in [-0.2, -0.15) is 0 Å². The van der Waals surface area contributed by atoms with E-state index in [1.54, 1.807) is 18.2 Å². The molecule has 1 aromatic rings. The average Bonchev–Trinajstić information content (AvgIpc) is 2.26. The molecule has 0 saturated carbocycles. The monoisotopic (exact) mass is 209 g/mol. The second kappa shape index (κ2) is 4.90. The fourth-order valence-corrected chi connectivity index (χ4v) is 0.911. The lowest BCUT2D eigenvalue weighted by molar-refractivity contribution is -0.133. The van der Waals surface area contributed by atoms with E-state index in [1.807, 2.05) is 5.32 Å². The molecule has 5 heteroatoms. The first-order valence-electron chi connectivity index (χ1n) is 4.05. The predicted molar refractivity (Wildman–Crippen MR) is 50.7 cm³/mol. The standard InChI is InChI=1S/C10H8FNO3/c11-6-8(10(14)15)12-9(13)7-4-2-1-3-5-7/h1-6H,(H,12,13)(H,14,15). The summed E-state index contributed by atoms with van der Waals surface area (Å²) in [5.41, 5.74) is -0.526. The van der Waals surface area contributed by atoms with E-state index in [2.05, 4.69) is 0 Å². The Kier molecular flexibility index (Phi) is 3.56. The fourth-order valence-electron chi connectivity index (χ4n) is 0.911. The van der Waals surface area contributed by atoms with Crippen LogP contribution in [0.1, 0.15) is 10.4 Å². The number of hydrogen-bond acceptors (Lipinski definition) is 2. The number of carboxylic acids is 1. The van der Waals surface area contributed by atoms with Crippen LogP contribution in [0.3, 0.4) is 0 Å². The van der Waals surface area contributed by atoms with E-state index in [9.17, 15) is 14.0 Å². The zero-order valence-corrected chi connectivity index (χ0v) is 7.61. The molecule has 0 atom stereocenters. The highest BCUT2D eigenvalue weighted by Crippen LogP contribution is 2.00. The van der Waals surface area contributed by atoms with Crippen molar-refractivity contribution in [2.24, 2.45) is 0 Å². The first-order valence-corrected chi connectivity index (χ1v) is 4.05. The SMILES string of the molecule is O=C(O)C(=CF)NC(=O)c1ccccc1. The van der Waals surface area contributed by atoms with Gasteiger partial charge in [0.15, 0.2) is 5.70 Å². The van der Waals surface area contributed by atoms with Crippen LogP contribution >= 0.6 is 0 Å². The summed E-state index contributed by atoms with van der Waals surface area (Å²) >= 11 is 0. The third-order valence-corrected chi connectivity index (χ3v) is 1.62. The number of rotatable bonds is 3. The van der Waals surface area contributed by atoms with Gasteiger partial charge in [-0.3, -0.25) is 4.79 Å². The number of carbonyl (C=O) groups excluding carboxylic acids is 1. The van der Waals surface area contributed by atoms with Crippen molar-refractivity contribution < 1.29 is 19.1 Å². The molecule has 0 radical (unpaired) electrons. The van der Waals surface area contributed by atoms with Gasteiger partial charge in [0.05, 0.1) is 0 Å². The first kappa shape index (κ1) is 10.9. The Labute approximate surface area is 85.0 Å². The molecule has 1 rings (SSSR count). The third-order valence-electron chi connectivity index (χ3n) is 1.62. The highest BCUT2D eigenvalue weighted by molar-refractivity contribution is 6.00. The van der Waals surface area contributed by atoms with E-state index in [0.717, 1.165) is 0 Å². The highest BCUT2D eigenvalue weighted by atomic mass is 19.1. The Hall–Kier alpha value is -2.17. The fraction of sp³-hybridized carbons (Fsp3) is 0. The summed E-state index contributed by atoms with van der Waals surface area (Å²) in [7, 11) is 0.